The maximum Gasteiger partial charge on any atom is 0.252 e. The lowest BCUT2D eigenvalue weighted by atomic mass is 10.1. The van der Waals surface area contributed by atoms with Crippen LogP contribution in [-0.4, -0.2) is 32.4 Å². The molecular formula is C13H24N2O2S2. The molecular weight excluding hydrogens is 280 g/mol. The summed E-state index contributed by atoms with van der Waals surface area (Å²) in [5, 5.41) is 3.20. The second kappa shape index (κ2) is 6.83. The first-order chi connectivity index (χ1) is 8.80. The summed E-state index contributed by atoms with van der Waals surface area (Å²) in [7, 11) is -1.71. The second-order valence-corrected chi connectivity index (χ2v) is 8.40. The molecule has 1 unspecified atom stereocenters. The van der Waals surface area contributed by atoms with E-state index in [1.165, 1.54) is 15.6 Å². The number of nitrogens with zero attached hydrogens (tertiary/aromatic N) is 1. The van der Waals surface area contributed by atoms with Crippen LogP contribution in [0.1, 0.15) is 32.6 Å². The van der Waals surface area contributed by atoms with E-state index >= 15 is 0 Å². The molecule has 1 atom stereocenters. The topological polar surface area (TPSA) is 49.4 Å². The summed E-state index contributed by atoms with van der Waals surface area (Å²) >= 11 is 1.35. The summed E-state index contributed by atoms with van der Waals surface area (Å²) in [6, 6.07) is 3.58. The van der Waals surface area contributed by atoms with Crippen molar-refractivity contribution in [2.75, 3.05) is 13.6 Å². The Balaban J connectivity index is 2.91. The molecule has 0 saturated heterocycles. The van der Waals surface area contributed by atoms with Gasteiger partial charge in [-0.3, -0.25) is 0 Å². The summed E-state index contributed by atoms with van der Waals surface area (Å²) < 4.78 is 26.9. The Morgan fingerprint density at radius 1 is 1.32 bits per heavy atom. The SMILES string of the molecule is CCNCc1ccc(S(=O)(=O)N(C)C(C)C(C)C)s1. The zero-order valence-corrected chi connectivity index (χ0v) is 13.9. The van der Waals surface area contributed by atoms with Gasteiger partial charge in [0.1, 0.15) is 4.21 Å². The van der Waals surface area contributed by atoms with Gasteiger partial charge in [-0.15, -0.1) is 11.3 Å². The summed E-state index contributed by atoms with van der Waals surface area (Å²) in [5.41, 5.74) is 0. The van der Waals surface area contributed by atoms with Crippen LogP contribution < -0.4 is 5.32 Å². The molecule has 0 aliphatic carbocycles. The van der Waals surface area contributed by atoms with Crippen molar-refractivity contribution in [3.05, 3.63) is 17.0 Å². The van der Waals surface area contributed by atoms with Gasteiger partial charge in [0.15, 0.2) is 0 Å². The van der Waals surface area contributed by atoms with Crippen molar-refractivity contribution in [2.24, 2.45) is 5.92 Å². The Bertz CT molecular complexity index is 494. The average Bonchev–Trinajstić information content (AvgIpc) is 2.83. The molecule has 0 fully saturated rings. The van der Waals surface area contributed by atoms with Crippen LogP contribution in [0.15, 0.2) is 16.3 Å². The Kier molecular flexibility index (Phi) is 5.98. The van der Waals surface area contributed by atoms with E-state index in [1.54, 1.807) is 13.1 Å². The maximum atomic E-state index is 12.5. The van der Waals surface area contributed by atoms with Crippen molar-refractivity contribution in [3.63, 3.8) is 0 Å². The summed E-state index contributed by atoms with van der Waals surface area (Å²) in [6.07, 6.45) is 0. The van der Waals surface area contributed by atoms with Crippen LogP contribution in [0.2, 0.25) is 0 Å². The van der Waals surface area contributed by atoms with Crippen LogP contribution in [0.5, 0.6) is 0 Å². The maximum absolute atomic E-state index is 12.5. The Morgan fingerprint density at radius 3 is 2.47 bits per heavy atom. The van der Waals surface area contributed by atoms with E-state index < -0.39 is 10.0 Å². The largest absolute Gasteiger partial charge is 0.312 e. The molecule has 4 nitrogen and oxygen atoms in total. The van der Waals surface area contributed by atoms with Crippen molar-refractivity contribution in [1.82, 2.24) is 9.62 Å². The van der Waals surface area contributed by atoms with E-state index in [1.807, 2.05) is 33.8 Å². The van der Waals surface area contributed by atoms with E-state index in [-0.39, 0.29) is 6.04 Å². The normalized spacial score (nSPS) is 14.3. The first-order valence-electron chi connectivity index (χ1n) is 6.58. The predicted octanol–water partition coefficient (Wildman–Crippen LogP) is 2.52. The second-order valence-electron chi connectivity index (χ2n) is 5.01. The number of nitrogens with one attached hydrogen (secondary N) is 1. The van der Waals surface area contributed by atoms with Gasteiger partial charge < -0.3 is 5.32 Å². The lowest BCUT2D eigenvalue weighted by molar-refractivity contribution is 0.316. The molecule has 1 heterocycles. The molecule has 0 radical (unpaired) electrons. The summed E-state index contributed by atoms with van der Waals surface area (Å²) in [5.74, 6) is 0.293. The highest BCUT2D eigenvalue weighted by Crippen LogP contribution is 2.26. The predicted molar refractivity (Wildman–Crippen MR) is 80.9 cm³/mol. The number of sulfonamides is 1. The van der Waals surface area contributed by atoms with E-state index in [9.17, 15) is 8.42 Å². The van der Waals surface area contributed by atoms with Crippen LogP contribution in [0.4, 0.5) is 0 Å². The Hall–Kier alpha value is -0.430. The minimum Gasteiger partial charge on any atom is -0.312 e. The van der Waals surface area contributed by atoms with Gasteiger partial charge in [-0.05, 0) is 31.5 Å². The molecule has 0 aromatic carbocycles. The number of rotatable bonds is 7. The van der Waals surface area contributed by atoms with Crippen molar-refractivity contribution in [3.8, 4) is 0 Å². The first kappa shape index (κ1) is 16.6. The molecule has 1 aromatic heterocycles. The zero-order chi connectivity index (χ0) is 14.6. The van der Waals surface area contributed by atoms with Gasteiger partial charge in [0.2, 0.25) is 0 Å². The van der Waals surface area contributed by atoms with Crippen LogP contribution in [-0.2, 0) is 16.6 Å². The van der Waals surface area contributed by atoms with Gasteiger partial charge in [0, 0.05) is 24.5 Å². The molecule has 1 N–H and O–H groups in total. The average molecular weight is 304 g/mol. The fourth-order valence-electron chi connectivity index (χ4n) is 1.62. The molecule has 0 amide bonds. The molecule has 110 valence electrons. The van der Waals surface area contributed by atoms with Crippen molar-refractivity contribution >= 4 is 21.4 Å². The molecule has 0 aliphatic rings. The zero-order valence-electron chi connectivity index (χ0n) is 12.3. The highest BCUT2D eigenvalue weighted by atomic mass is 32.2. The van der Waals surface area contributed by atoms with E-state index in [4.69, 9.17) is 0 Å². The van der Waals surface area contributed by atoms with Gasteiger partial charge in [-0.1, -0.05) is 20.8 Å². The van der Waals surface area contributed by atoms with E-state index in [0.717, 1.165) is 18.0 Å². The summed E-state index contributed by atoms with van der Waals surface area (Å²) in [4.78, 5) is 1.05. The van der Waals surface area contributed by atoms with Crippen molar-refractivity contribution < 1.29 is 8.42 Å². The van der Waals surface area contributed by atoms with E-state index in [0.29, 0.717) is 10.1 Å². The third-order valence-electron chi connectivity index (χ3n) is 3.36. The molecule has 6 heteroatoms. The third-order valence-corrected chi connectivity index (χ3v) is 6.86. The Labute approximate surface area is 120 Å². The van der Waals surface area contributed by atoms with Gasteiger partial charge in [-0.25, -0.2) is 8.42 Å². The molecule has 0 bridgehead atoms. The van der Waals surface area contributed by atoms with Crippen LogP contribution in [0.25, 0.3) is 0 Å². The van der Waals surface area contributed by atoms with E-state index in [2.05, 4.69) is 5.32 Å². The highest BCUT2D eigenvalue weighted by Gasteiger charge is 2.28. The van der Waals surface area contributed by atoms with Crippen LogP contribution >= 0.6 is 11.3 Å². The fraction of sp³-hybridized carbons (Fsp3) is 0.692. The monoisotopic (exact) mass is 304 g/mol. The van der Waals surface area contributed by atoms with Crippen LogP contribution in [0, 0.1) is 5.92 Å². The standard InChI is InChI=1S/C13H24N2O2S2/c1-6-14-9-12-7-8-13(18-12)19(16,17)15(5)11(4)10(2)3/h7-8,10-11,14H,6,9H2,1-5H3. The van der Waals surface area contributed by atoms with Gasteiger partial charge >= 0.3 is 0 Å². The van der Waals surface area contributed by atoms with Crippen LogP contribution in [0.3, 0.4) is 0 Å². The van der Waals surface area contributed by atoms with Crippen molar-refractivity contribution in [2.45, 2.75) is 44.5 Å². The number of thiophene rings is 1. The van der Waals surface area contributed by atoms with Gasteiger partial charge in [-0.2, -0.15) is 4.31 Å². The first-order valence-corrected chi connectivity index (χ1v) is 8.83. The lowest BCUT2D eigenvalue weighted by Crippen LogP contribution is -2.37. The summed E-state index contributed by atoms with van der Waals surface area (Å²) in [6.45, 7) is 9.63. The molecule has 1 rings (SSSR count). The fourth-order valence-corrected chi connectivity index (χ4v) is 4.63. The number of hydrogen-bond donors (Lipinski definition) is 1. The third kappa shape index (κ3) is 4.02. The smallest absolute Gasteiger partial charge is 0.252 e. The molecule has 19 heavy (non-hydrogen) atoms. The van der Waals surface area contributed by atoms with Gasteiger partial charge in [0.05, 0.1) is 0 Å². The minimum atomic E-state index is -3.36. The lowest BCUT2D eigenvalue weighted by Gasteiger charge is -2.26. The van der Waals surface area contributed by atoms with Crippen molar-refractivity contribution in [1.29, 1.82) is 0 Å². The van der Waals surface area contributed by atoms with Gasteiger partial charge in [0.25, 0.3) is 10.0 Å². The molecule has 0 spiro atoms. The number of hydrogen-bond acceptors (Lipinski definition) is 4. The molecule has 0 aliphatic heterocycles. The highest BCUT2D eigenvalue weighted by molar-refractivity contribution is 7.91. The Morgan fingerprint density at radius 2 is 1.95 bits per heavy atom. The molecule has 1 aromatic rings. The minimum absolute atomic E-state index is 0.00989. The molecule has 0 saturated carbocycles. The quantitative estimate of drug-likeness (QED) is 0.842.